The van der Waals surface area contributed by atoms with Crippen LogP contribution in [0.1, 0.15) is 31.2 Å². The highest BCUT2D eigenvalue weighted by molar-refractivity contribution is 9.09. The topological polar surface area (TPSA) is 12.9 Å². The van der Waals surface area contributed by atoms with Crippen molar-refractivity contribution in [1.29, 1.82) is 0 Å². The number of hydrogen-bond donors (Lipinski definition) is 0. The van der Waals surface area contributed by atoms with Gasteiger partial charge in [-0.2, -0.15) is 0 Å². The molecule has 2 atom stereocenters. The molecule has 0 aliphatic rings. The second kappa shape index (κ2) is 4.04. The van der Waals surface area contributed by atoms with Crippen LogP contribution in [0.2, 0.25) is 0 Å². The Bertz CT molecular complexity index is 258. The molecule has 1 aromatic heterocycles. The van der Waals surface area contributed by atoms with Crippen molar-refractivity contribution in [1.82, 2.24) is 4.98 Å². The molecule has 1 aromatic rings. The largest absolute Gasteiger partial charge is 0.258 e. The zero-order valence-electron chi connectivity index (χ0n) is 7.71. The van der Waals surface area contributed by atoms with E-state index in [1.807, 2.05) is 13.0 Å². The second-order valence-electron chi connectivity index (χ2n) is 3.17. The summed E-state index contributed by atoms with van der Waals surface area (Å²) in [5.41, 5.74) is 2.26. The van der Waals surface area contributed by atoms with Gasteiger partial charge in [0.25, 0.3) is 0 Å². The van der Waals surface area contributed by atoms with E-state index in [1.54, 1.807) is 0 Å². The maximum atomic E-state index is 4.46. The van der Waals surface area contributed by atoms with Crippen LogP contribution in [0.15, 0.2) is 18.2 Å². The van der Waals surface area contributed by atoms with E-state index in [9.17, 15) is 0 Å². The Morgan fingerprint density at radius 2 is 2.00 bits per heavy atom. The molecule has 0 radical (unpaired) electrons. The van der Waals surface area contributed by atoms with E-state index in [-0.39, 0.29) is 0 Å². The van der Waals surface area contributed by atoms with Gasteiger partial charge in [0.2, 0.25) is 0 Å². The van der Waals surface area contributed by atoms with Gasteiger partial charge in [-0.1, -0.05) is 35.8 Å². The summed E-state index contributed by atoms with van der Waals surface area (Å²) >= 11 is 3.56. The number of rotatable bonds is 2. The van der Waals surface area contributed by atoms with Gasteiger partial charge in [0.15, 0.2) is 0 Å². The first-order valence-electron chi connectivity index (χ1n) is 4.19. The molecule has 0 aliphatic carbocycles. The van der Waals surface area contributed by atoms with Crippen LogP contribution in [0.3, 0.4) is 0 Å². The van der Waals surface area contributed by atoms with Gasteiger partial charge in [-0.25, -0.2) is 0 Å². The molecule has 66 valence electrons. The molecule has 0 spiro atoms. The van der Waals surface area contributed by atoms with Crippen molar-refractivity contribution in [3.63, 3.8) is 0 Å². The van der Waals surface area contributed by atoms with E-state index in [0.29, 0.717) is 10.7 Å². The molecule has 0 N–H and O–H groups in total. The van der Waals surface area contributed by atoms with E-state index in [1.165, 1.54) is 5.69 Å². The van der Waals surface area contributed by atoms with Crippen molar-refractivity contribution in [3.05, 3.63) is 29.6 Å². The highest BCUT2D eigenvalue weighted by Gasteiger charge is 2.11. The van der Waals surface area contributed by atoms with Crippen LogP contribution in [0, 0.1) is 6.92 Å². The molecule has 0 fully saturated rings. The number of aromatic nitrogens is 1. The third-order valence-electron chi connectivity index (χ3n) is 2.07. The summed E-state index contributed by atoms with van der Waals surface area (Å²) in [6.07, 6.45) is 0. The molecule has 1 rings (SSSR count). The number of nitrogens with zero attached hydrogens (tertiary/aromatic N) is 1. The quantitative estimate of drug-likeness (QED) is 0.708. The SMILES string of the molecule is Cc1cccc(C(C)C(C)Br)n1. The molecule has 0 aromatic carbocycles. The Kier molecular flexibility index (Phi) is 3.27. The van der Waals surface area contributed by atoms with Gasteiger partial charge in [-0.05, 0) is 19.1 Å². The lowest BCUT2D eigenvalue weighted by Crippen LogP contribution is -2.06. The van der Waals surface area contributed by atoms with E-state index >= 15 is 0 Å². The first-order chi connectivity index (χ1) is 5.61. The molecule has 1 nitrogen and oxygen atoms in total. The van der Waals surface area contributed by atoms with Crippen molar-refractivity contribution < 1.29 is 0 Å². The second-order valence-corrected chi connectivity index (χ2v) is 4.61. The lowest BCUT2D eigenvalue weighted by Gasteiger charge is -2.13. The van der Waals surface area contributed by atoms with Crippen LogP contribution in [0.4, 0.5) is 0 Å². The van der Waals surface area contributed by atoms with Crippen LogP contribution >= 0.6 is 15.9 Å². The minimum absolute atomic E-state index is 0.477. The number of halogens is 1. The fourth-order valence-corrected chi connectivity index (χ4v) is 1.32. The summed E-state index contributed by atoms with van der Waals surface area (Å²) in [4.78, 5) is 4.94. The smallest absolute Gasteiger partial charge is 0.0445 e. The molecule has 0 bridgehead atoms. The number of pyridine rings is 1. The summed E-state index contributed by atoms with van der Waals surface area (Å²) in [7, 11) is 0. The molecule has 0 amide bonds. The molecule has 2 unspecified atom stereocenters. The third-order valence-corrected chi connectivity index (χ3v) is 2.86. The van der Waals surface area contributed by atoms with Crippen molar-refractivity contribution >= 4 is 15.9 Å². The summed E-state index contributed by atoms with van der Waals surface area (Å²) in [5.74, 6) is 0.477. The predicted octanol–water partition coefficient (Wildman–Crippen LogP) is 3.28. The number of hydrogen-bond acceptors (Lipinski definition) is 1. The van der Waals surface area contributed by atoms with Crippen molar-refractivity contribution in [2.45, 2.75) is 31.5 Å². The normalized spacial score (nSPS) is 15.7. The van der Waals surface area contributed by atoms with Gasteiger partial charge in [0.05, 0.1) is 0 Å². The highest BCUT2D eigenvalue weighted by Crippen LogP contribution is 2.22. The molecule has 1 heterocycles. The minimum Gasteiger partial charge on any atom is -0.258 e. The van der Waals surface area contributed by atoms with Gasteiger partial charge < -0.3 is 0 Å². The Balaban J connectivity index is 2.88. The third kappa shape index (κ3) is 2.31. The lowest BCUT2D eigenvalue weighted by molar-refractivity contribution is 0.730. The molecule has 0 saturated heterocycles. The van der Waals surface area contributed by atoms with Gasteiger partial charge >= 0.3 is 0 Å². The Hall–Kier alpha value is -0.370. The maximum Gasteiger partial charge on any atom is 0.0445 e. The van der Waals surface area contributed by atoms with Gasteiger partial charge in [-0.3, -0.25) is 4.98 Å². The van der Waals surface area contributed by atoms with E-state index in [4.69, 9.17) is 0 Å². The molecule has 0 saturated carbocycles. The predicted molar refractivity (Wildman–Crippen MR) is 55.8 cm³/mol. The number of aryl methyl sites for hydroxylation is 1. The van der Waals surface area contributed by atoms with E-state index in [2.05, 4.69) is 46.9 Å². The first-order valence-corrected chi connectivity index (χ1v) is 5.10. The van der Waals surface area contributed by atoms with Crippen molar-refractivity contribution in [2.75, 3.05) is 0 Å². The summed E-state index contributed by atoms with van der Waals surface area (Å²) in [5, 5.41) is 0. The van der Waals surface area contributed by atoms with Crippen molar-refractivity contribution in [3.8, 4) is 0 Å². The zero-order chi connectivity index (χ0) is 9.14. The van der Waals surface area contributed by atoms with Crippen LogP contribution in [-0.4, -0.2) is 9.81 Å². The average Bonchev–Trinajstić information content (AvgIpc) is 2.03. The average molecular weight is 228 g/mol. The van der Waals surface area contributed by atoms with E-state index in [0.717, 1.165) is 5.69 Å². The van der Waals surface area contributed by atoms with Crippen LogP contribution in [-0.2, 0) is 0 Å². The fraction of sp³-hybridized carbons (Fsp3) is 0.500. The molecule has 12 heavy (non-hydrogen) atoms. The van der Waals surface area contributed by atoms with E-state index < -0.39 is 0 Å². The van der Waals surface area contributed by atoms with Gasteiger partial charge in [0, 0.05) is 22.1 Å². The Labute approximate surface area is 82.3 Å². The summed E-state index contributed by atoms with van der Waals surface area (Å²) in [6.45, 7) is 6.35. The highest BCUT2D eigenvalue weighted by atomic mass is 79.9. The van der Waals surface area contributed by atoms with Crippen LogP contribution in [0.25, 0.3) is 0 Å². The zero-order valence-corrected chi connectivity index (χ0v) is 9.30. The van der Waals surface area contributed by atoms with Crippen LogP contribution in [0.5, 0.6) is 0 Å². The summed E-state index contributed by atoms with van der Waals surface area (Å²) in [6, 6.07) is 6.16. The standard InChI is InChI=1S/C10H14BrN/c1-7-5-4-6-10(12-7)8(2)9(3)11/h4-6,8-9H,1-3H3. The molecule has 0 aliphatic heterocycles. The molecule has 2 heteroatoms. The summed E-state index contributed by atoms with van der Waals surface area (Å²) < 4.78 is 0. The van der Waals surface area contributed by atoms with Gasteiger partial charge in [-0.15, -0.1) is 0 Å². The Morgan fingerprint density at radius 1 is 1.33 bits per heavy atom. The fourth-order valence-electron chi connectivity index (χ4n) is 1.05. The Morgan fingerprint density at radius 3 is 2.50 bits per heavy atom. The lowest BCUT2D eigenvalue weighted by atomic mass is 10.0. The first kappa shape index (κ1) is 9.72. The maximum absolute atomic E-state index is 4.46. The van der Waals surface area contributed by atoms with Crippen molar-refractivity contribution in [2.24, 2.45) is 0 Å². The molecular formula is C10H14BrN. The minimum atomic E-state index is 0.477. The monoisotopic (exact) mass is 227 g/mol. The molecular weight excluding hydrogens is 214 g/mol. The van der Waals surface area contributed by atoms with Gasteiger partial charge in [0.1, 0.15) is 0 Å². The number of alkyl halides is 1. The van der Waals surface area contributed by atoms with Crippen LogP contribution < -0.4 is 0 Å².